The van der Waals surface area contributed by atoms with Crippen LogP contribution in [0.2, 0.25) is 0 Å². The number of rotatable bonds is 3. The summed E-state index contributed by atoms with van der Waals surface area (Å²) in [6.07, 6.45) is -5.75. The second kappa shape index (κ2) is 4.65. The Kier molecular flexibility index (Phi) is 3.69. The molecule has 0 amide bonds. The monoisotopic (exact) mass is 236 g/mol. The Morgan fingerprint density at radius 2 is 2.19 bits per heavy atom. The van der Waals surface area contributed by atoms with Gasteiger partial charge >= 0.3 is 6.18 Å². The molecule has 0 fully saturated rings. The molecule has 0 spiro atoms. The van der Waals surface area contributed by atoms with E-state index in [4.69, 9.17) is 5.11 Å². The molecular weight excluding hydrogens is 225 g/mol. The third-order valence-electron chi connectivity index (χ3n) is 2.05. The summed E-state index contributed by atoms with van der Waals surface area (Å²) in [5.74, 6) is 0. The van der Waals surface area contributed by atoms with E-state index in [-0.39, 0.29) is 0 Å². The second-order valence-electron chi connectivity index (χ2n) is 3.28. The normalized spacial score (nSPS) is 13.8. The van der Waals surface area contributed by atoms with Crippen molar-refractivity contribution in [3.63, 3.8) is 0 Å². The average Bonchev–Trinajstić information content (AvgIpc) is 2.19. The van der Waals surface area contributed by atoms with E-state index in [1.165, 1.54) is 0 Å². The molecule has 0 unspecified atom stereocenters. The van der Waals surface area contributed by atoms with Crippen molar-refractivity contribution < 1.29 is 18.3 Å². The first kappa shape index (κ1) is 12.7. The molecule has 0 bridgehead atoms. The maximum atomic E-state index is 12.0. The Labute approximate surface area is 89.4 Å². The molecule has 1 heterocycles. The van der Waals surface area contributed by atoms with Crippen molar-refractivity contribution in [3.8, 4) is 0 Å². The van der Waals surface area contributed by atoms with Crippen LogP contribution in [0, 0.1) is 0 Å². The lowest BCUT2D eigenvalue weighted by Crippen LogP contribution is -2.36. The molecule has 0 aromatic carbocycles. The minimum absolute atomic E-state index is 0.503. The molecule has 7 heteroatoms. The molecule has 1 aromatic rings. The van der Waals surface area contributed by atoms with Gasteiger partial charge in [-0.2, -0.15) is 13.2 Å². The summed E-state index contributed by atoms with van der Waals surface area (Å²) in [5, 5.41) is 8.78. The third-order valence-corrected chi connectivity index (χ3v) is 2.05. The van der Waals surface area contributed by atoms with Crippen LogP contribution in [-0.4, -0.2) is 26.9 Å². The van der Waals surface area contributed by atoms with Crippen molar-refractivity contribution in [2.75, 3.05) is 0 Å². The van der Waals surface area contributed by atoms with Gasteiger partial charge in [-0.1, -0.05) is 6.92 Å². The van der Waals surface area contributed by atoms with E-state index in [9.17, 15) is 18.0 Å². The molecular formula is C9H11F3N2O2. The van der Waals surface area contributed by atoms with Crippen LogP contribution in [0.1, 0.15) is 12.6 Å². The fourth-order valence-electron chi connectivity index (χ4n) is 1.08. The predicted molar refractivity (Wildman–Crippen MR) is 49.9 cm³/mol. The van der Waals surface area contributed by atoms with Crippen LogP contribution in [0.25, 0.3) is 0 Å². The van der Waals surface area contributed by atoms with Gasteiger partial charge in [0.15, 0.2) is 6.10 Å². The number of hydrogen-bond donors (Lipinski definition) is 1. The number of hydrogen-bond acceptors (Lipinski definition) is 3. The average molecular weight is 236 g/mol. The van der Waals surface area contributed by atoms with Crippen LogP contribution in [0.15, 0.2) is 17.2 Å². The zero-order valence-corrected chi connectivity index (χ0v) is 8.53. The molecule has 4 nitrogen and oxygen atoms in total. The first-order chi connectivity index (χ1) is 7.34. The second-order valence-corrected chi connectivity index (χ2v) is 3.28. The summed E-state index contributed by atoms with van der Waals surface area (Å²) in [7, 11) is 0. The molecule has 0 radical (unpaired) electrons. The highest BCUT2D eigenvalue weighted by Crippen LogP contribution is 2.20. The van der Waals surface area contributed by atoms with Crippen molar-refractivity contribution in [2.24, 2.45) is 0 Å². The zero-order valence-electron chi connectivity index (χ0n) is 8.53. The van der Waals surface area contributed by atoms with Gasteiger partial charge in [-0.05, 0) is 6.42 Å². The number of nitrogens with zero attached hydrogens (tertiary/aromatic N) is 2. The lowest BCUT2D eigenvalue weighted by molar-refractivity contribution is -0.207. The Morgan fingerprint density at radius 3 is 2.62 bits per heavy atom. The number of halogens is 3. The quantitative estimate of drug-likeness (QED) is 0.841. The van der Waals surface area contributed by atoms with Crippen LogP contribution >= 0.6 is 0 Å². The van der Waals surface area contributed by atoms with E-state index in [1.54, 1.807) is 6.92 Å². The van der Waals surface area contributed by atoms with Crippen LogP contribution in [0.4, 0.5) is 13.2 Å². The van der Waals surface area contributed by atoms with Gasteiger partial charge in [0.05, 0.1) is 12.9 Å². The summed E-state index contributed by atoms with van der Waals surface area (Å²) in [6.45, 7) is 0.940. The number of aromatic nitrogens is 2. The Hall–Kier alpha value is -1.37. The van der Waals surface area contributed by atoms with E-state index in [2.05, 4.69) is 4.98 Å². The minimum Gasteiger partial charge on any atom is -0.382 e. The maximum Gasteiger partial charge on any atom is 0.416 e. The van der Waals surface area contributed by atoms with Crippen LogP contribution in [-0.2, 0) is 13.0 Å². The Morgan fingerprint density at radius 1 is 1.56 bits per heavy atom. The molecule has 0 aliphatic rings. The van der Waals surface area contributed by atoms with E-state index in [0.717, 1.165) is 17.0 Å². The van der Waals surface area contributed by atoms with Gasteiger partial charge in [-0.15, -0.1) is 0 Å². The van der Waals surface area contributed by atoms with Crippen molar-refractivity contribution in [1.29, 1.82) is 0 Å². The molecule has 1 rings (SSSR count). The molecule has 0 saturated carbocycles. The lowest BCUT2D eigenvalue weighted by atomic mass is 10.3. The Bertz CT molecular complexity index is 414. The Balaban J connectivity index is 2.87. The van der Waals surface area contributed by atoms with E-state index < -0.39 is 24.4 Å². The summed E-state index contributed by atoms with van der Waals surface area (Å²) in [5.41, 5.74) is -0.0992. The van der Waals surface area contributed by atoms with E-state index in [1.807, 2.05) is 0 Å². The molecule has 0 aliphatic carbocycles. The standard InChI is InChI=1S/C9H11F3N2O2/c1-2-6-3-8(16)14(5-13-6)4-7(15)9(10,11)12/h3,5,7,15H,2,4H2,1H3/t7-/m0/s1. The third kappa shape index (κ3) is 3.06. The summed E-state index contributed by atoms with van der Waals surface area (Å²) in [4.78, 5) is 15.1. The number of alkyl halides is 3. The summed E-state index contributed by atoms with van der Waals surface area (Å²) >= 11 is 0. The van der Waals surface area contributed by atoms with Gasteiger partial charge in [0, 0.05) is 11.8 Å². The van der Waals surface area contributed by atoms with Crippen molar-refractivity contribution in [1.82, 2.24) is 9.55 Å². The lowest BCUT2D eigenvalue weighted by Gasteiger charge is -2.15. The first-order valence-corrected chi connectivity index (χ1v) is 4.64. The van der Waals surface area contributed by atoms with Crippen LogP contribution in [0.3, 0.4) is 0 Å². The van der Waals surface area contributed by atoms with Crippen molar-refractivity contribution in [3.05, 3.63) is 28.4 Å². The van der Waals surface area contributed by atoms with Gasteiger partial charge in [-0.3, -0.25) is 9.36 Å². The predicted octanol–water partition coefficient (Wildman–Crippen LogP) is 0.729. The molecule has 1 N–H and O–H groups in total. The number of aryl methyl sites for hydroxylation is 1. The SMILES string of the molecule is CCc1cc(=O)n(C[C@H](O)C(F)(F)F)cn1. The topological polar surface area (TPSA) is 55.1 Å². The molecule has 0 saturated heterocycles. The van der Waals surface area contributed by atoms with Gasteiger partial charge in [0.2, 0.25) is 0 Å². The molecule has 0 aliphatic heterocycles. The number of aliphatic hydroxyl groups is 1. The highest BCUT2D eigenvalue weighted by atomic mass is 19.4. The van der Waals surface area contributed by atoms with Crippen LogP contribution in [0.5, 0.6) is 0 Å². The highest BCUT2D eigenvalue weighted by Gasteiger charge is 2.38. The number of aliphatic hydroxyl groups excluding tert-OH is 1. The molecule has 1 aromatic heterocycles. The van der Waals surface area contributed by atoms with Gasteiger partial charge < -0.3 is 5.11 Å². The minimum atomic E-state index is -4.73. The highest BCUT2D eigenvalue weighted by molar-refractivity contribution is 4.99. The van der Waals surface area contributed by atoms with Crippen molar-refractivity contribution in [2.45, 2.75) is 32.2 Å². The van der Waals surface area contributed by atoms with Crippen molar-refractivity contribution >= 4 is 0 Å². The fourth-order valence-corrected chi connectivity index (χ4v) is 1.08. The van der Waals surface area contributed by atoms with Gasteiger partial charge in [-0.25, -0.2) is 4.98 Å². The van der Waals surface area contributed by atoms with Gasteiger partial charge in [0.1, 0.15) is 0 Å². The van der Waals surface area contributed by atoms with E-state index >= 15 is 0 Å². The molecule has 90 valence electrons. The largest absolute Gasteiger partial charge is 0.416 e. The fraction of sp³-hybridized carbons (Fsp3) is 0.556. The van der Waals surface area contributed by atoms with Gasteiger partial charge in [0.25, 0.3) is 5.56 Å². The molecule has 1 atom stereocenters. The van der Waals surface area contributed by atoms with E-state index in [0.29, 0.717) is 12.1 Å². The summed E-state index contributed by atoms with van der Waals surface area (Å²) in [6, 6.07) is 1.16. The summed E-state index contributed by atoms with van der Waals surface area (Å²) < 4.78 is 36.8. The maximum absolute atomic E-state index is 12.0. The zero-order chi connectivity index (χ0) is 12.3. The smallest absolute Gasteiger partial charge is 0.382 e. The van der Waals surface area contributed by atoms with Crippen LogP contribution < -0.4 is 5.56 Å². The first-order valence-electron chi connectivity index (χ1n) is 4.64. The molecule has 16 heavy (non-hydrogen) atoms.